The van der Waals surface area contributed by atoms with E-state index in [-0.39, 0.29) is 22.3 Å². The van der Waals surface area contributed by atoms with Crippen molar-refractivity contribution in [2.24, 2.45) is 5.92 Å². The molecule has 0 aliphatic carbocycles. The molecule has 2 heterocycles. The van der Waals surface area contributed by atoms with Gasteiger partial charge in [0.05, 0.1) is 31.9 Å². The average molecular weight is 664 g/mol. The molecule has 1 aliphatic heterocycles. The lowest BCUT2D eigenvalue weighted by Gasteiger charge is -2.24. The Labute approximate surface area is 275 Å². The second-order valence-corrected chi connectivity index (χ2v) is 13.0. The van der Waals surface area contributed by atoms with Gasteiger partial charge in [0.2, 0.25) is 5.13 Å². The summed E-state index contributed by atoms with van der Waals surface area (Å²) >= 11 is 2.37. The topological polar surface area (TPSA) is 111 Å². The number of ether oxygens (including phenoxy) is 3. The average Bonchev–Trinajstić information content (AvgIpc) is 3.62. The lowest BCUT2D eigenvalue weighted by Crippen LogP contribution is -2.29. The molecular weight excluding hydrogens is 630 g/mol. The summed E-state index contributed by atoms with van der Waals surface area (Å²) in [4.78, 5) is 28.6. The van der Waals surface area contributed by atoms with Gasteiger partial charge in [0.15, 0.2) is 15.8 Å². The third-order valence-electron chi connectivity index (χ3n) is 7.25. The predicted octanol–water partition coefficient (Wildman–Crippen LogP) is 7.43. The Morgan fingerprint density at radius 3 is 2.50 bits per heavy atom. The molecule has 0 bridgehead atoms. The van der Waals surface area contributed by atoms with Crippen LogP contribution in [-0.4, -0.2) is 47.3 Å². The molecule has 1 N–H and O–H groups in total. The number of rotatable bonds is 13. The van der Waals surface area contributed by atoms with Crippen LogP contribution in [0.5, 0.6) is 17.2 Å². The Balaban J connectivity index is 1.56. The van der Waals surface area contributed by atoms with Gasteiger partial charge in [-0.25, -0.2) is 4.39 Å². The molecule has 5 rings (SSSR count). The zero-order valence-corrected chi connectivity index (χ0v) is 27.5. The largest absolute Gasteiger partial charge is 0.507 e. The minimum absolute atomic E-state index is 0.109. The minimum Gasteiger partial charge on any atom is -0.507 e. The number of carbonyl (C=O) groups is 2. The molecule has 1 aromatic heterocycles. The summed E-state index contributed by atoms with van der Waals surface area (Å²) in [5.41, 5.74) is 1.23. The zero-order chi connectivity index (χ0) is 32.8. The van der Waals surface area contributed by atoms with E-state index in [0.717, 1.165) is 17.8 Å². The summed E-state index contributed by atoms with van der Waals surface area (Å²) in [6.07, 6.45) is 0.851. The molecule has 1 saturated heterocycles. The van der Waals surface area contributed by atoms with Gasteiger partial charge in [-0.05, 0) is 72.9 Å². The lowest BCUT2D eigenvalue weighted by atomic mass is 9.95. The first kappa shape index (κ1) is 33.0. The summed E-state index contributed by atoms with van der Waals surface area (Å²) in [7, 11) is 1.53. The van der Waals surface area contributed by atoms with Crippen molar-refractivity contribution in [1.29, 1.82) is 0 Å². The molecule has 12 heteroatoms. The maximum absolute atomic E-state index is 14.2. The highest BCUT2D eigenvalue weighted by Crippen LogP contribution is 2.46. The Kier molecular flexibility index (Phi) is 10.6. The number of carbonyl (C=O) groups excluding carboxylic acids is 2. The van der Waals surface area contributed by atoms with Crippen molar-refractivity contribution < 1.29 is 33.3 Å². The fourth-order valence-electron chi connectivity index (χ4n) is 4.85. The Bertz CT molecular complexity index is 1740. The summed E-state index contributed by atoms with van der Waals surface area (Å²) in [6.45, 7) is 6.92. The number of aliphatic hydroxyl groups excluding tert-OH is 1. The van der Waals surface area contributed by atoms with Crippen LogP contribution < -0.4 is 19.1 Å². The molecule has 9 nitrogen and oxygen atoms in total. The highest BCUT2D eigenvalue weighted by Gasteiger charge is 2.48. The fraction of sp³-hybridized carbons (Fsp3) is 0.294. The molecular formula is C34H34FN3O6S2. The normalized spacial score (nSPS) is 15.9. The number of methoxy groups -OCH3 is 1. The van der Waals surface area contributed by atoms with Crippen LogP contribution in [0.2, 0.25) is 0 Å². The molecule has 4 aromatic rings. The van der Waals surface area contributed by atoms with E-state index in [1.807, 2.05) is 6.92 Å². The van der Waals surface area contributed by atoms with E-state index in [2.05, 4.69) is 24.0 Å². The molecule has 1 atom stereocenters. The number of aromatic nitrogens is 2. The van der Waals surface area contributed by atoms with Crippen molar-refractivity contribution in [2.45, 2.75) is 43.3 Å². The number of ketones is 1. The van der Waals surface area contributed by atoms with Crippen molar-refractivity contribution in [2.75, 3.05) is 25.2 Å². The first-order valence-corrected chi connectivity index (χ1v) is 16.6. The third-order valence-corrected chi connectivity index (χ3v) is 9.36. The number of aliphatic hydroxyl groups is 1. The van der Waals surface area contributed by atoms with Gasteiger partial charge >= 0.3 is 5.91 Å². The first-order chi connectivity index (χ1) is 22.2. The summed E-state index contributed by atoms with van der Waals surface area (Å²) in [5, 5.41) is 20.1. The van der Waals surface area contributed by atoms with Crippen molar-refractivity contribution in [3.05, 3.63) is 94.8 Å². The smallest absolute Gasteiger partial charge is 0.301 e. The van der Waals surface area contributed by atoms with E-state index in [1.54, 1.807) is 60.7 Å². The van der Waals surface area contributed by atoms with Crippen molar-refractivity contribution in [3.8, 4) is 17.2 Å². The SMILES string of the molecule is CCOc1cc(C2/C(=C(\O)c3ccc(OC)cc3)C(=O)C(=O)N2c2nnc(SCc3ccccc3F)s2)ccc1OCCC(C)C. The second kappa shape index (κ2) is 14.8. The maximum atomic E-state index is 14.2. The zero-order valence-electron chi connectivity index (χ0n) is 25.9. The van der Waals surface area contributed by atoms with Crippen LogP contribution in [0, 0.1) is 11.7 Å². The van der Waals surface area contributed by atoms with Crippen molar-refractivity contribution >= 4 is 45.7 Å². The van der Waals surface area contributed by atoms with E-state index in [4.69, 9.17) is 14.2 Å². The number of benzene rings is 3. The number of amides is 1. The Hall–Kier alpha value is -4.42. The molecule has 240 valence electrons. The molecule has 46 heavy (non-hydrogen) atoms. The van der Waals surface area contributed by atoms with Crippen LogP contribution >= 0.6 is 23.1 Å². The van der Waals surface area contributed by atoms with Gasteiger partial charge in [-0.3, -0.25) is 14.5 Å². The quantitative estimate of drug-likeness (QED) is 0.0513. The van der Waals surface area contributed by atoms with Crippen LogP contribution in [0.4, 0.5) is 9.52 Å². The van der Waals surface area contributed by atoms with E-state index >= 15 is 0 Å². The molecule has 3 aromatic carbocycles. The van der Waals surface area contributed by atoms with Crippen molar-refractivity contribution in [3.63, 3.8) is 0 Å². The molecule has 0 saturated carbocycles. The number of hydrogen-bond donors (Lipinski definition) is 1. The molecule has 1 aliphatic rings. The monoisotopic (exact) mass is 663 g/mol. The highest BCUT2D eigenvalue weighted by molar-refractivity contribution is 8.00. The number of thioether (sulfide) groups is 1. The predicted molar refractivity (Wildman–Crippen MR) is 176 cm³/mol. The van der Waals surface area contributed by atoms with E-state index in [9.17, 15) is 19.1 Å². The second-order valence-electron chi connectivity index (χ2n) is 10.8. The molecule has 1 unspecified atom stereocenters. The summed E-state index contributed by atoms with van der Waals surface area (Å²) in [6, 6.07) is 17.1. The van der Waals surface area contributed by atoms with Gasteiger partial charge in [0.1, 0.15) is 17.3 Å². The van der Waals surface area contributed by atoms with Crippen LogP contribution in [0.25, 0.3) is 5.76 Å². The van der Waals surface area contributed by atoms with Gasteiger partial charge in [-0.2, -0.15) is 0 Å². The Morgan fingerprint density at radius 2 is 1.80 bits per heavy atom. The fourth-order valence-corrected chi connectivity index (χ4v) is 6.70. The van der Waals surface area contributed by atoms with Gasteiger partial charge in [0, 0.05) is 11.3 Å². The molecule has 0 radical (unpaired) electrons. The van der Waals surface area contributed by atoms with Gasteiger partial charge in [-0.1, -0.05) is 61.2 Å². The van der Waals surface area contributed by atoms with E-state index < -0.39 is 17.7 Å². The molecule has 1 fully saturated rings. The highest BCUT2D eigenvalue weighted by atomic mass is 32.2. The molecule has 1 amide bonds. The van der Waals surface area contributed by atoms with Crippen LogP contribution in [-0.2, 0) is 15.3 Å². The maximum Gasteiger partial charge on any atom is 0.301 e. The summed E-state index contributed by atoms with van der Waals surface area (Å²) < 4.78 is 31.9. The van der Waals surface area contributed by atoms with E-state index in [1.165, 1.54) is 29.8 Å². The number of nitrogens with zero attached hydrogens (tertiary/aromatic N) is 3. The first-order valence-electron chi connectivity index (χ1n) is 14.8. The van der Waals surface area contributed by atoms with Crippen LogP contribution in [0.1, 0.15) is 49.9 Å². The third kappa shape index (κ3) is 7.18. The van der Waals surface area contributed by atoms with Gasteiger partial charge < -0.3 is 19.3 Å². The minimum atomic E-state index is -1.05. The van der Waals surface area contributed by atoms with Crippen LogP contribution in [0.15, 0.2) is 76.6 Å². The number of hydrogen-bond acceptors (Lipinski definition) is 10. The van der Waals surface area contributed by atoms with E-state index in [0.29, 0.717) is 63.2 Å². The lowest BCUT2D eigenvalue weighted by molar-refractivity contribution is -0.132. The Morgan fingerprint density at radius 1 is 1.04 bits per heavy atom. The summed E-state index contributed by atoms with van der Waals surface area (Å²) in [5.74, 6) is -0.115. The number of halogens is 1. The van der Waals surface area contributed by atoms with Crippen molar-refractivity contribution in [1.82, 2.24) is 10.2 Å². The van der Waals surface area contributed by atoms with Gasteiger partial charge in [0.25, 0.3) is 5.78 Å². The number of anilines is 1. The van der Waals surface area contributed by atoms with Crippen LogP contribution in [0.3, 0.4) is 0 Å². The number of Topliss-reactive ketones (excluding diaryl/α,β-unsaturated/α-hetero) is 1. The standard InChI is InChI=1S/C34H34FN3O6S2/c1-5-43-27-18-22(12-15-26(27)44-17-16-20(2)3)29-28(30(39)21-10-13-24(42-4)14-11-21)31(40)32(41)38(29)33-36-37-34(46-33)45-19-23-8-6-7-9-25(23)35/h6-15,18,20,29,39H,5,16-17,19H2,1-4H3/b30-28+. The molecule has 0 spiro atoms. The van der Waals surface area contributed by atoms with Gasteiger partial charge in [-0.15, -0.1) is 10.2 Å².